The van der Waals surface area contributed by atoms with E-state index >= 15 is 0 Å². The summed E-state index contributed by atoms with van der Waals surface area (Å²) < 4.78 is 22.7. The number of aliphatic hydroxyl groups excluding tert-OH is 2. The van der Waals surface area contributed by atoms with E-state index in [9.17, 15) is 20.1 Å². The van der Waals surface area contributed by atoms with Crippen molar-refractivity contribution in [3.8, 4) is 0 Å². The molecular weight excluding hydrogens is 426 g/mol. The van der Waals surface area contributed by atoms with Gasteiger partial charge in [-0.15, -0.1) is 0 Å². The van der Waals surface area contributed by atoms with Crippen molar-refractivity contribution in [3.05, 3.63) is 11.8 Å². The third kappa shape index (κ3) is 5.07. The first-order valence-corrected chi connectivity index (χ1v) is 10.6. The monoisotopic (exact) mass is 461 g/mol. The van der Waals surface area contributed by atoms with E-state index < -0.39 is 72.7 Å². The zero-order valence-electron chi connectivity index (χ0n) is 18.2. The summed E-state index contributed by atoms with van der Waals surface area (Å²) >= 11 is 0. The number of primary amides is 1. The lowest BCUT2D eigenvalue weighted by molar-refractivity contribution is -0.302. The molecule has 2 fully saturated rings. The second kappa shape index (κ2) is 9.85. The van der Waals surface area contributed by atoms with E-state index in [1.54, 1.807) is 7.05 Å². The van der Waals surface area contributed by atoms with Crippen LogP contribution in [0.15, 0.2) is 11.8 Å². The lowest BCUT2D eigenvalue weighted by Gasteiger charge is -2.48. The zero-order chi connectivity index (χ0) is 23.8. The number of aliphatic hydroxyl groups is 3. The van der Waals surface area contributed by atoms with E-state index in [1.807, 2.05) is 0 Å². The van der Waals surface area contributed by atoms with Crippen LogP contribution in [-0.4, -0.2) is 102 Å². The fourth-order valence-corrected chi connectivity index (χ4v) is 4.42. The summed E-state index contributed by atoms with van der Waals surface area (Å²) in [5.74, 6) is -0.843. The Morgan fingerprint density at radius 2 is 1.72 bits per heavy atom. The number of amides is 1. The molecule has 1 amide bonds. The summed E-state index contributed by atoms with van der Waals surface area (Å²) in [4.78, 5) is 11.4. The van der Waals surface area contributed by atoms with Gasteiger partial charge in [-0.25, -0.2) is 0 Å². The molecule has 32 heavy (non-hydrogen) atoms. The number of hydrogen-bond donors (Lipinski definition) is 8. The molecule has 12 N–H and O–H groups in total. The number of rotatable bonds is 6. The molecule has 1 aliphatic carbocycles. The van der Waals surface area contributed by atoms with Gasteiger partial charge in [0.05, 0.1) is 18.7 Å². The van der Waals surface area contributed by atoms with Gasteiger partial charge in [0.25, 0.3) is 5.91 Å². The molecule has 0 bridgehead atoms. The summed E-state index contributed by atoms with van der Waals surface area (Å²) in [7, 11) is 1.59. The number of likely N-dealkylation sites (N-methyl/N-ethyl adjacent to an activating group) is 1. The zero-order valence-corrected chi connectivity index (χ0v) is 18.2. The maximum Gasteiger partial charge on any atom is 0.283 e. The van der Waals surface area contributed by atoms with Crippen LogP contribution < -0.4 is 28.3 Å². The molecule has 2 heterocycles. The summed E-state index contributed by atoms with van der Waals surface area (Å²) in [6.07, 6.45) is -4.81. The van der Waals surface area contributed by atoms with Crippen LogP contribution in [0, 0.1) is 0 Å². The third-order valence-electron chi connectivity index (χ3n) is 6.20. The summed E-state index contributed by atoms with van der Waals surface area (Å²) in [5.41, 5.74) is 22.3. The summed E-state index contributed by atoms with van der Waals surface area (Å²) in [5, 5.41) is 34.9. The molecule has 0 unspecified atom stereocenters. The van der Waals surface area contributed by atoms with Crippen molar-refractivity contribution < 1.29 is 39.1 Å². The molecule has 184 valence electrons. The van der Waals surface area contributed by atoms with Crippen molar-refractivity contribution in [3.63, 3.8) is 0 Å². The molecule has 13 nitrogen and oxygen atoms in total. The van der Waals surface area contributed by atoms with Crippen molar-refractivity contribution in [1.82, 2.24) is 5.32 Å². The standard InChI is InChI=1S/C19H35N5O8/c1-19(28)6-29-18(12(26)15(19)24-2)32-14-9(22)5-8(21)13(11(14)25)31-17-7(20)3-4-10(30-17)16(23)27/h4,7-9,11-15,17-18,24-26,28H,3,5-6,20-22H2,1-2H3,(H2,23,27)/t7-,8+,9-,11+,12-,13-,14+,15-,17-,18-,19+/m1/s1. The van der Waals surface area contributed by atoms with Crippen molar-refractivity contribution >= 4 is 5.91 Å². The van der Waals surface area contributed by atoms with Gasteiger partial charge < -0.3 is 62.5 Å². The van der Waals surface area contributed by atoms with Gasteiger partial charge in [0.2, 0.25) is 6.29 Å². The molecule has 0 spiro atoms. The molecule has 13 heteroatoms. The second-order valence-corrected chi connectivity index (χ2v) is 8.87. The largest absolute Gasteiger partial charge is 0.458 e. The van der Waals surface area contributed by atoms with Crippen molar-refractivity contribution in [2.24, 2.45) is 22.9 Å². The van der Waals surface area contributed by atoms with Crippen LogP contribution in [0.3, 0.4) is 0 Å². The summed E-state index contributed by atoms with van der Waals surface area (Å²) in [6, 6.07) is -2.72. The highest BCUT2D eigenvalue weighted by atomic mass is 16.7. The molecule has 0 aromatic rings. The van der Waals surface area contributed by atoms with E-state index in [2.05, 4.69) is 5.32 Å². The highest BCUT2D eigenvalue weighted by Crippen LogP contribution is 2.31. The minimum Gasteiger partial charge on any atom is -0.458 e. The topological polar surface area (TPSA) is 231 Å². The van der Waals surface area contributed by atoms with Gasteiger partial charge in [0, 0.05) is 12.1 Å². The number of ether oxygens (including phenoxy) is 4. The van der Waals surface area contributed by atoms with E-state index in [0.29, 0.717) is 0 Å². The first-order valence-electron chi connectivity index (χ1n) is 10.6. The Balaban J connectivity index is 1.70. The Morgan fingerprint density at radius 1 is 1.12 bits per heavy atom. The number of carbonyl (C=O) groups is 1. The minimum absolute atomic E-state index is 0.0797. The Morgan fingerprint density at radius 3 is 2.28 bits per heavy atom. The Labute approximate surface area is 186 Å². The first kappa shape index (κ1) is 25.2. The fourth-order valence-electron chi connectivity index (χ4n) is 4.42. The van der Waals surface area contributed by atoms with Gasteiger partial charge in [0.15, 0.2) is 12.0 Å². The van der Waals surface area contributed by atoms with Crippen LogP contribution in [0.4, 0.5) is 0 Å². The SMILES string of the molecule is CN[C@@H]1[C@@H](O)[C@@H](O[C@@H]2[C@@H](O)[C@H](O[C@H]3OC(C(N)=O)=CC[C@H]3N)[C@@H](N)C[C@H]2N)OC[C@]1(C)O. The van der Waals surface area contributed by atoms with Gasteiger partial charge >= 0.3 is 0 Å². The van der Waals surface area contributed by atoms with Crippen LogP contribution in [0.2, 0.25) is 0 Å². The maximum atomic E-state index is 11.4. The minimum atomic E-state index is -1.32. The van der Waals surface area contributed by atoms with Gasteiger partial charge in [-0.3, -0.25) is 4.79 Å². The van der Waals surface area contributed by atoms with Crippen LogP contribution in [0.5, 0.6) is 0 Å². The fraction of sp³-hybridized carbons (Fsp3) is 0.842. The molecule has 0 radical (unpaired) electrons. The molecule has 0 aromatic heterocycles. The highest BCUT2D eigenvalue weighted by Gasteiger charge is 2.50. The van der Waals surface area contributed by atoms with Crippen molar-refractivity contribution in [1.29, 1.82) is 0 Å². The molecular formula is C19H35N5O8. The van der Waals surface area contributed by atoms with Crippen LogP contribution in [-0.2, 0) is 23.7 Å². The van der Waals surface area contributed by atoms with Gasteiger partial charge in [-0.2, -0.15) is 0 Å². The molecule has 3 rings (SSSR count). The van der Waals surface area contributed by atoms with E-state index in [4.69, 9.17) is 41.9 Å². The maximum absolute atomic E-state index is 11.4. The molecule has 1 saturated carbocycles. The van der Waals surface area contributed by atoms with Gasteiger partial charge in [0.1, 0.15) is 30.0 Å². The van der Waals surface area contributed by atoms with Crippen LogP contribution in [0.1, 0.15) is 19.8 Å². The highest BCUT2D eigenvalue weighted by molar-refractivity contribution is 5.89. The Hall–Kier alpha value is -1.39. The van der Waals surface area contributed by atoms with Crippen molar-refractivity contribution in [2.75, 3.05) is 13.7 Å². The normalized spacial score (nSPS) is 47.4. The molecule has 2 aliphatic heterocycles. The van der Waals surface area contributed by atoms with Crippen molar-refractivity contribution in [2.45, 2.75) is 86.5 Å². The first-order chi connectivity index (χ1) is 15.0. The Bertz CT molecular complexity index is 709. The number of carbonyl (C=O) groups excluding carboxylic acids is 1. The quantitative estimate of drug-likeness (QED) is 0.188. The summed E-state index contributed by atoms with van der Waals surface area (Å²) in [6.45, 7) is 1.42. The lowest BCUT2D eigenvalue weighted by Crippen LogP contribution is -2.68. The second-order valence-electron chi connectivity index (χ2n) is 8.87. The van der Waals surface area contributed by atoms with Gasteiger partial charge in [-0.05, 0) is 32.9 Å². The smallest absolute Gasteiger partial charge is 0.283 e. The number of hydrogen-bond acceptors (Lipinski definition) is 12. The predicted molar refractivity (Wildman–Crippen MR) is 110 cm³/mol. The lowest BCUT2D eigenvalue weighted by atomic mass is 9.84. The number of nitrogens with two attached hydrogens (primary N) is 4. The Kier molecular flexibility index (Phi) is 7.77. The average Bonchev–Trinajstić information content (AvgIpc) is 2.71. The van der Waals surface area contributed by atoms with E-state index in [1.165, 1.54) is 13.0 Å². The van der Waals surface area contributed by atoms with Crippen LogP contribution >= 0.6 is 0 Å². The molecule has 11 atom stereocenters. The molecule has 1 saturated heterocycles. The third-order valence-corrected chi connectivity index (χ3v) is 6.20. The van der Waals surface area contributed by atoms with E-state index in [-0.39, 0.29) is 25.2 Å². The number of nitrogens with one attached hydrogen (secondary N) is 1. The molecule has 0 aromatic carbocycles. The van der Waals surface area contributed by atoms with Gasteiger partial charge in [-0.1, -0.05) is 0 Å². The van der Waals surface area contributed by atoms with Crippen LogP contribution in [0.25, 0.3) is 0 Å². The average molecular weight is 462 g/mol. The predicted octanol–water partition coefficient (Wildman–Crippen LogP) is -4.32. The van der Waals surface area contributed by atoms with E-state index in [0.717, 1.165) is 0 Å². The molecule has 3 aliphatic rings.